The highest BCUT2D eigenvalue weighted by molar-refractivity contribution is 6.06. The molecule has 1 heterocycles. The summed E-state index contributed by atoms with van der Waals surface area (Å²) in [5, 5.41) is 11.3. The number of nitro groups is 1. The van der Waals surface area contributed by atoms with Crippen molar-refractivity contribution in [3.8, 4) is 0 Å². The summed E-state index contributed by atoms with van der Waals surface area (Å²) in [6.45, 7) is 0. The van der Waals surface area contributed by atoms with Crippen LogP contribution in [0, 0.1) is 15.9 Å². The number of hydrogen-bond donors (Lipinski definition) is 2. The number of anilines is 1. The molecule has 0 atom stereocenters. The normalized spacial score (nSPS) is 20.1. The van der Waals surface area contributed by atoms with Gasteiger partial charge in [0.25, 0.3) is 0 Å². The Morgan fingerprint density at radius 2 is 1.96 bits per heavy atom. The van der Waals surface area contributed by atoms with Crippen LogP contribution in [-0.4, -0.2) is 22.5 Å². The highest BCUT2D eigenvalue weighted by atomic mass is 19.1. The number of benzene rings is 1. The summed E-state index contributed by atoms with van der Waals surface area (Å²) in [6.07, 6.45) is 4.04. The van der Waals surface area contributed by atoms with Crippen molar-refractivity contribution in [2.75, 3.05) is 4.90 Å². The van der Waals surface area contributed by atoms with E-state index >= 15 is 0 Å². The van der Waals surface area contributed by atoms with Crippen molar-refractivity contribution in [1.82, 2.24) is 0 Å². The van der Waals surface area contributed by atoms with Crippen LogP contribution in [0.15, 0.2) is 28.2 Å². The molecule has 3 rings (SSSR count). The topological polar surface area (TPSA) is 123 Å². The first-order chi connectivity index (χ1) is 10.9. The van der Waals surface area contributed by atoms with E-state index in [0.29, 0.717) is 12.8 Å². The van der Waals surface area contributed by atoms with Gasteiger partial charge in [0.2, 0.25) is 17.7 Å². The molecule has 1 saturated carbocycles. The zero-order chi connectivity index (χ0) is 16.6. The Balaban J connectivity index is 2.19. The van der Waals surface area contributed by atoms with Crippen molar-refractivity contribution >= 4 is 23.3 Å². The predicted octanol–water partition coefficient (Wildman–Crippen LogP) is 1.84. The molecule has 0 saturated heterocycles. The number of nitrogens with zero attached hydrogens (tertiary/aromatic N) is 4. The Labute approximate surface area is 131 Å². The standard InChI is InChI=1S/C14H17FN6O2/c15-9-5-4-6-10(11(9)21(22)23)20-13(17)18-12(16)19-14(20)7-2-1-3-8-14/h4-6H,1-3,7-8H2,(H4,16,17,18,19). The summed E-state index contributed by atoms with van der Waals surface area (Å²) in [4.78, 5) is 20.4. The summed E-state index contributed by atoms with van der Waals surface area (Å²) in [5.74, 6) is -0.887. The Bertz CT molecular complexity index is 711. The third kappa shape index (κ3) is 2.47. The lowest BCUT2D eigenvalue weighted by Gasteiger charge is -2.45. The van der Waals surface area contributed by atoms with Gasteiger partial charge in [-0.2, -0.15) is 9.38 Å². The van der Waals surface area contributed by atoms with Gasteiger partial charge in [0.1, 0.15) is 11.4 Å². The van der Waals surface area contributed by atoms with E-state index in [1.807, 2.05) is 0 Å². The molecule has 1 aliphatic carbocycles. The molecule has 9 heteroatoms. The lowest BCUT2D eigenvalue weighted by molar-refractivity contribution is -0.386. The molecule has 4 N–H and O–H groups in total. The highest BCUT2D eigenvalue weighted by Crippen LogP contribution is 2.42. The maximum Gasteiger partial charge on any atom is 0.328 e. The summed E-state index contributed by atoms with van der Waals surface area (Å²) in [6, 6.07) is 3.91. The molecule has 0 amide bonds. The molecular formula is C14H17FN6O2. The first-order valence-electron chi connectivity index (χ1n) is 7.37. The van der Waals surface area contributed by atoms with Crippen LogP contribution in [0.5, 0.6) is 0 Å². The van der Waals surface area contributed by atoms with Crippen molar-refractivity contribution in [3.63, 3.8) is 0 Å². The molecule has 2 aliphatic rings. The van der Waals surface area contributed by atoms with E-state index in [0.717, 1.165) is 25.3 Å². The van der Waals surface area contributed by atoms with Crippen LogP contribution < -0.4 is 16.4 Å². The van der Waals surface area contributed by atoms with E-state index in [2.05, 4.69) is 9.98 Å². The fraction of sp³-hybridized carbons (Fsp3) is 0.429. The number of nitrogens with two attached hydrogens (primary N) is 2. The number of hydrogen-bond acceptors (Lipinski definition) is 7. The number of rotatable bonds is 2. The van der Waals surface area contributed by atoms with Crippen molar-refractivity contribution in [1.29, 1.82) is 0 Å². The minimum Gasteiger partial charge on any atom is -0.369 e. The molecule has 122 valence electrons. The van der Waals surface area contributed by atoms with Gasteiger partial charge in [-0.05, 0) is 37.8 Å². The Morgan fingerprint density at radius 1 is 1.26 bits per heavy atom. The van der Waals surface area contributed by atoms with Gasteiger partial charge in [-0.3, -0.25) is 15.0 Å². The first-order valence-corrected chi connectivity index (χ1v) is 7.37. The molecule has 0 unspecified atom stereocenters. The zero-order valence-corrected chi connectivity index (χ0v) is 12.4. The van der Waals surface area contributed by atoms with Gasteiger partial charge in [-0.15, -0.1) is 0 Å². The number of halogens is 1. The second-order valence-corrected chi connectivity index (χ2v) is 5.68. The van der Waals surface area contributed by atoms with Crippen LogP contribution in [0.2, 0.25) is 0 Å². The number of para-hydroxylation sites is 1. The van der Waals surface area contributed by atoms with Gasteiger partial charge >= 0.3 is 5.69 Å². The SMILES string of the molecule is NC1=NC2(CCCCC2)N(c2cccc(F)c2[N+](=O)[O-])C(N)=N1. The minimum absolute atomic E-state index is 0.00639. The van der Waals surface area contributed by atoms with E-state index in [-0.39, 0.29) is 17.6 Å². The van der Waals surface area contributed by atoms with Crippen molar-refractivity contribution in [2.45, 2.75) is 37.8 Å². The average Bonchev–Trinajstić information content (AvgIpc) is 2.46. The second-order valence-electron chi connectivity index (χ2n) is 5.68. The number of aliphatic imine (C=N–C) groups is 2. The molecule has 0 bridgehead atoms. The highest BCUT2D eigenvalue weighted by Gasteiger charge is 2.45. The van der Waals surface area contributed by atoms with Crippen molar-refractivity contribution in [2.24, 2.45) is 21.5 Å². The van der Waals surface area contributed by atoms with Crippen LogP contribution in [-0.2, 0) is 0 Å². The molecule has 1 aliphatic heterocycles. The molecule has 0 aromatic heterocycles. The van der Waals surface area contributed by atoms with Crippen molar-refractivity contribution < 1.29 is 9.31 Å². The van der Waals surface area contributed by atoms with Crippen LogP contribution in [0.1, 0.15) is 32.1 Å². The van der Waals surface area contributed by atoms with Gasteiger partial charge in [0.15, 0.2) is 0 Å². The van der Waals surface area contributed by atoms with Gasteiger partial charge in [0.05, 0.1) is 4.92 Å². The summed E-state index contributed by atoms with van der Waals surface area (Å²) in [5.41, 5.74) is 10.3. The van der Waals surface area contributed by atoms with Gasteiger partial charge in [-0.25, -0.2) is 4.99 Å². The van der Waals surface area contributed by atoms with Crippen LogP contribution in [0.4, 0.5) is 15.8 Å². The monoisotopic (exact) mass is 320 g/mol. The number of nitro benzene ring substituents is 1. The maximum atomic E-state index is 14.0. The molecule has 1 fully saturated rings. The molecular weight excluding hydrogens is 303 g/mol. The largest absolute Gasteiger partial charge is 0.369 e. The van der Waals surface area contributed by atoms with E-state index in [1.165, 1.54) is 17.0 Å². The minimum atomic E-state index is -0.922. The smallest absolute Gasteiger partial charge is 0.328 e. The van der Waals surface area contributed by atoms with Crippen LogP contribution in [0.3, 0.4) is 0 Å². The summed E-state index contributed by atoms with van der Waals surface area (Å²) in [7, 11) is 0. The van der Waals surface area contributed by atoms with E-state index in [9.17, 15) is 14.5 Å². The predicted molar refractivity (Wildman–Crippen MR) is 84.6 cm³/mol. The maximum absolute atomic E-state index is 14.0. The lowest BCUT2D eigenvalue weighted by Crippen LogP contribution is -2.58. The fourth-order valence-corrected chi connectivity index (χ4v) is 3.33. The molecule has 0 radical (unpaired) electrons. The fourth-order valence-electron chi connectivity index (χ4n) is 3.33. The Kier molecular flexibility index (Phi) is 3.63. The molecule has 23 heavy (non-hydrogen) atoms. The molecule has 1 aromatic carbocycles. The van der Waals surface area contributed by atoms with E-state index in [1.54, 1.807) is 0 Å². The van der Waals surface area contributed by atoms with Crippen molar-refractivity contribution in [3.05, 3.63) is 34.1 Å². The van der Waals surface area contributed by atoms with E-state index < -0.39 is 22.1 Å². The van der Waals surface area contributed by atoms with E-state index in [4.69, 9.17) is 11.5 Å². The summed E-state index contributed by atoms with van der Waals surface area (Å²) < 4.78 is 14.0. The van der Waals surface area contributed by atoms with Gasteiger partial charge < -0.3 is 11.5 Å². The Morgan fingerprint density at radius 3 is 2.61 bits per heavy atom. The third-order valence-corrected chi connectivity index (χ3v) is 4.24. The third-order valence-electron chi connectivity index (χ3n) is 4.24. The quantitative estimate of drug-likeness (QED) is 0.635. The van der Waals surface area contributed by atoms with Crippen LogP contribution in [0.25, 0.3) is 0 Å². The second kappa shape index (κ2) is 5.49. The molecule has 1 spiro atoms. The first kappa shape index (κ1) is 15.2. The lowest BCUT2D eigenvalue weighted by atomic mass is 9.87. The van der Waals surface area contributed by atoms with Crippen LogP contribution >= 0.6 is 0 Å². The number of guanidine groups is 2. The average molecular weight is 320 g/mol. The Hall–Kier alpha value is -2.71. The van der Waals surface area contributed by atoms with Gasteiger partial charge in [-0.1, -0.05) is 12.5 Å². The zero-order valence-electron chi connectivity index (χ0n) is 12.4. The van der Waals surface area contributed by atoms with Gasteiger partial charge in [0, 0.05) is 0 Å². The molecule has 8 nitrogen and oxygen atoms in total. The summed E-state index contributed by atoms with van der Waals surface area (Å²) >= 11 is 0. The molecule has 1 aromatic rings.